The third-order valence-corrected chi connectivity index (χ3v) is 10.2. The number of para-hydroxylation sites is 1. The molecule has 0 unspecified atom stereocenters. The van der Waals surface area contributed by atoms with Gasteiger partial charge in [-0.3, -0.25) is 4.98 Å². The van der Waals surface area contributed by atoms with Gasteiger partial charge in [0, 0.05) is 44.6 Å². The monoisotopic (exact) mass is 650 g/mol. The number of fused-ring (bicyclic) bond motifs is 7. The molecule has 0 aliphatic heterocycles. The van der Waals surface area contributed by atoms with Gasteiger partial charge >= 0.3 is 0 Å². The molecule has 1 aliphatic carbocycles. The van der Waals surface area contributed by atoms with E-state index in [1.165, 1.54) is 11.1 Å². The van der Waals surface area contributed by atoms with Crippen LogP contribution in [0, 0.1) is 0 Å². The van der Waals surface area contributed by atoms with Crippen molar-refractivity contribution in [3.05, 3.63) is 158 Å². The second kappa shape index (κ2) is 10.8. The second-order valence-corrected chi connectivity index (χ2v) is 12.9. The van der Waals surface area contributed by atoms with Crippen LogP contribution in [-0.4, -0.2) is 19.9 Å². The van der Waals surface area contributed by atoms with Gasteiger partial charge in [0.25, 0.3) is 0 Å². The highest BCUT2D eigenvalue weighted by atomic mass is 16.3. The first-order chi connectivity index (χ1) is 25.3. The van der Waals surface area contributed by atoms with Gasteiger partial charge in [0.1, 0.15) is 11.2 Å². The molecule has 0 N–H and O–H groups in total. The molecule has 0 amide bonds. The standard InChI is InChI=1S/C46H26N4O/c1-2-12-27(13-3-1)44-48-45(50-46(49-44)38-26-47-43-35-17-7-6-16-30(35)33-19-10-20-34(38)42(33)43)36-25-24-31(28-14-4-5-15-29(28)36)32-21-11-23-40-41(32)37-18-8-9-22-39(37)51-40/h1-26H. The number of hydrogen-bond donors (Lipinski definition) is 0. The van der Waals surface area contributed by atoms with Crippen LogP contribution in [0.5, 0.6) is 0 Å². The first-order valence-electron chi connectivity index (χ1n) is 17.1. The molecule has 7 aromatic carbocycles. The average molecular weight is 651 g/mol. The number of hydrogen-bond acceptors (Lipinski definition) is 5. The molecule has 0 bridgehead atoms. The van der Waals surface area contributed by atoms with Crippen molar-refractivity contribution in [1.29, 1.82) is 0 Å². The van der Waals surface area contributed by atoms with Crippen LogP contribution in [0.15, 0.2) is 162 Å². The maximum absolute atomic E-state index is 6.27. The summed E-state index contributed by atoms with van der Waals surface area (Å²) in [4.78, 5) is 20.5. The number of benzene rings is 7. The highest BCUT2D eigenvalue weighted by Gasteiger charge is 2.25. The Hall–Kier alpha value is -6.98. The van der Waals surface area contributed by atoms with Gasteiger partial charge in [-0.25, -0.2) is 15.0 Å². The summed E-state index contributed by atoms with van der Waals surface area (Å²) in [6.07, 6.45) is 1.93. The van der Waals surface area contributed by atoms with Gasteiger partial charge in [0.05, 0.1) is 5.69 Å². The van der Waals surface area contributed by atoms with Crippen LogP contribution in [0.2, 0.25) is 0 Å². The van der Waals surface area contributed by atoms with E-state index in [9.17, 15) is 0 Å². The molecule has 0 radical (unpaired) electrons. The zero-order chi connectivity index (χ0) is 33.5. The van der Waals surface area contributed by atoms with Crippen LogP contribution in [0.3, 0.4) is 0 Å². The number of nitrogens with zero attached hydrogens (tertiary/aromatic N) is 4. The van der Waals surface area contributed by atoms with E-state index in [1.807, 2.05) is 54.7 Å². The number of pyridine rings is 1. The largest absolute Gasteiger partial charge is 0.456 e. The van der Waals surface area contributed by atoms with Crippen molar-refractivity contribution in [2.75, 3.05) is 0 Å². The Morgan fingerprint density at radius 3 is 1.75 bits per heavy atom. The quantitative estimate of drug-likeness (QED) is 0.190. The molecule has 51 heavy (non-hydrogen) atoms. The van der Waals surface area contributed by atoms with E-state index >= 15 is 0 Å². The van der Waals surface area contributed by atoms with Crippen molar-refractivity contribution in [1.82, 2.24) is 19.9 Å². The summed E-state index contributed by atoms with van der Waals surface area (Å²) >= 11 is 0. The maximum Gasteiger partial charge on any atom is 0.166 e. The molecule has 11 rings (SSSR count). The molecule has 5 heteroatoms. The van der Waals surface area contributed by atoms with E-state index in [0.29, 0.717) is 17.5 Å². The fraction of sp³-hybridized carbons (Fsp3) is 0. The molecular weight excluding hydrogens is 625 g/mol. The Labute approximate surface area is 292 Å². The highest BCUT2D eigenvalue weighted by molar-refractivity contribution is 6.18. The van der Waals surface area contributed by atoms with Crippen molar-refractivity contribution >= 4 is 43.5 Å². The van der Waals surface area contributed by atoms with Crippen LogP contribution < -0.4 is 0 Å². The SMILES string of the molecule is c1ccc(-c2nc(-c3ccc(-c4cccc5oc6ccccc6c45)c4ccccc34)nc(-c3cnc4c5c(cccc35)-c3ccccc3-4)n2)cc1. The molecule has 5 nitrogen and oxygen atoms in total. The van der Waals surface area contributed by atoms with E-state index in [0.717, 1.165) is 82.6 Å². The van der Waals surface area contributed by atoms with Crippen molar-refractivity contribution in [3.63, 3.8) is 0 Å². The Kier molecular flexibility index (Phi) is 5.89. The minimum absolute atomic E-state index is 0.591. The molecule has 0 fully saturated rings. The highest BCUT2D eigenvalue weighted by Crippen LogP contribution is 2.48. The van der Waals surface area contributed by atoms with Gasteiger partial charge in [-0.05, 0) is 56.6 Å². The van der Waals surface area contributed by atoms with Gasteiger partial charge in [0.2, 0.25) is 0 Å². The topological polar surface area (TPSA) is 64.7 Å². The van der Waals surface area contributed by atoms with E-state index in [-0.39, 0.29) is 0 Å². The summed E-state index contributed by atoms with van der Waals surface area (Å²) < 4.78 is 6.27. The first kappa shape index (κ1) is 27.9. The Bertz CT molecular complexity index is 3010. The molecule has 236 valence electrons. The second-order valence-electron chi connectivity index (χ2n) is 12.9. The van der Waals surface area contributed by atoms with Crippen molar-refractivity contribution in [3.8, 4) is 67.7 Å². The normalized spacial score (nSPS) is 11.9. The fourth-order valence-electron chi connectivity index (χ4n) is 7.89. The summed E-state index contributed by atoms with van der Waals surface area (Å²) in [7, 11) is 0. The maximum atomic E-state index is 6.27. The molecule has 1 aliphatic rings. The molecule has 0 atom stereocenters. The van der Waals surface area contributed by atoms with Gasteiger partial charge in [0.15, 0.2) is 17.5 Å². The third-order valence-electron chi connectivity index (χ3n) is 10.2. The van der Waals surface area contributed by atoms with Crippen LogP contribution in [0.25, 0.3) is 111 Å². The Morgan fingerprint density at radius 1 is 0.333 bits per heavy atom. The minimum Gasteiger partial charge on any atom is -0.456 e. The number of rotatable bonds is 4. The lowest BCUT2D eigenvalue weighted by Gasteiger charge is -2.14. The van der Waals surface area contributed by atoms with E-state index < -0.39 is 0 Å². The minimum atomic E-state index is 0.591. The predicted octanol–water partition coefficient (Wildman–Crippen LogP) is 11.8. The summed E-state index contributed by atoms with van der Waals surface area (Å²) in [5, 5.41) is 6.60. The number of furan rings is 1. The van der Waals surface area contributed by atoms with Crippen LogP contribution in [0.4, 0.5) is 0 Å². The van der Waals surface area contributed by atoms with E-state index in [1.54, 1.807) is 0 Å². The van der Waals surface area contributed by atoms with E-state index in [4.69, 9.17) is 24.4 Å². The van der Waals surface area contributed by atoms with E-state index in [2.05, 4.69) is 103 Å². The molecule has 10 aromatic rings. The summed E-state index contributed by atoms with van der Waals surface area (Å²) in [5.74, 6) is 1.82. The zero-order valence-corrected chi connectivity index (χ0v) is 27.2. The average Bonchev–Trinajstić information content (AvgIpc) is 3.75. The summed E-state index contributed by atoms with van der Waals surface area (Å²) in [5.41, 5.74) is 11.3. The lowest BCUT2D eigenvalue weighted by molar-refractivity contribution is 0.669. The lowest BCUT2D eigenvalue weighted by atomic mass is 9.92. The Balaban J connectivity index is 1.15. The number of aromatic nitrogens is 4. The van der Waals surface area contributed by atoms with Crippen LogP contribution in [-0.2, 0) is 0 Å². The Morgan fingerprint density at radius 2 is 0.902 bits per heavy atom. The molecule has 0 spiro atoms. The smallest absolute Gasteiger partial charge is 0.166 e. The van der Waals surface area contributed by atoms with Crippen LogP contribution >= 0.6 is 0 Å². The molecular formula is C46H26N4O. The molecule has 3 heterocycles. The molecule has 0 saturated carbocycles. The van der Waals surface area contributed by atoms with Gasteiger partial charge in [-0.15, -0.1) is 0 Å². The van der Waals surface area contributed by atoms with Gasteiger partial charge in [-0.1, -0.05) is 133 Å². The molecule has 0 saturated heterocycles. The van der Waals surface area contributed by atoms with Crippen molar-refractivity contribution < 1.29 is 4.42 Å². The first-order valence-corrected chi connectivity index (χ1v) is 17.1. The summed E-state index contributed by atoms with van der Waals surface area (Å²) in [6, 6.07) is 52.4. The van der Waals surface area contributed by atoms with Crippen LogP contribution in [0.1, 0.15) is 0 Å². The predicted molar refractivity (Wildman–Crippen MR) is 206 cm³/mol. The van der Waals surface area contributed by atoms with Gasteiger partial charge < -0.3 is 4.42 Å². The zero-order valence-electron chi connectivity index (χ0n) is 27.2. The fourth-order valence-corrected chi connectivity index (χ4v) is 7.89. The van der Waals surface area contributed by atoms with Crippen molar-refractivity contribution in [2.45, 2.75) is 0 Å². The lowest BCUT2D eigenvalue weighted by Crippen LogP contribution is -2.01. The summed E-state index contributed by atoms with van der Waals surface area (Å²) in [6.45, 7) is 0. The molecule has 3 aromatic heterocycles. The van der Waals surface area contributed by atoms with Gasteiger partial charge in [-0.2, -0.15) is 0 Å². The van der Waals surface area contributed by atoms with Crippen molar-refractivity contribution in [2.24, 2.45) is 0 Å². The third kappa shape index (κ3) is 4.15.